The van der Waals surface area contributed by atoms with Crippen molar-refractivity contribution < 1.29 is 18.3 Å². The van der Waals surface area contributed by atoms with Gasteiger partial charge >= 0.3 is 5.97 Å². The molecule has 0 bridgehead atoms. The summed E-state index contributed by atoms with van der Waals surface area (Å²) in [4.78, 5) is 10.5. The molecule has 1 aromatic rings. The van der Waals surface area contributed by atoms with Gasteiger partial charge in [0.25, 0.3) is 0 Å². The largest absolute Gasteiger partial charge is 0.478 e. The first kappa shape index (κ1) is 13.6. The molecule has 0 spiro atoms. The zero-order valence-corrected chi connectivity index (χ0v) is 11.3. The predicted molar refractivity (Wildman–Crippen MR) is 73.4 cm³/mol. The van der Waals surface area contributed by atoms with E-state index in [0.29, 0.717) is 24.1 Å². The van der Waals surface area contributed by atoms with Crippen molar-refractivity contribution >= 4 is 27.8 Å². The summed E-state index contributed by atoms with van der Waals surface area (Å²) in [5.41, 5.74) is 2.02. The molecule has 1 aliphatic rings. The van der Waals surface area contributed by atoms with Gasteiger partial charge in [-0.2, -0.15) is 0 Å². The molecule has 0 amide bonds. The molecule has 19 heavy (non-hydrogen) atoms. The molecule has 1 fully saturated rings. The maximum absolute atomic E-state index is 11.8. The number of sulfonamides is 1. The summed E-state index contributed by atoms with van der Waals surface area (Å²) in [6.45, 7) is 1.83. The minimum absolute atomic E-state index is 0.285. The molecule has 1 aliphatic carbocycles. The van der Waals surface area contributed by atoms with Gasteiger partial charge in [0.05, 0.1) is 5.25 Å². The number of hydrogen-bond acceptors (Lipinski definition) is 3. The van der Waals surface area contributed by atoms with Crippen molar-refractivity contribution in [1.82, 2.24) is 0 Å². The second-order valence-corrected chi connectivity index (χ2v) is 6.55. The number of hydrogen-bond donors (Lipinski definition) is 2. The van der Waals surface area contributed by atoms with E-state index in [4.69, 9.17) is 5.11 Å². The van der Waals surface area contributed by atoms with Crippen molar-refractivity contribution in [3.05, 3.63) is 35.4 Å². The van der Waals surface area contributed by atoms with Crippen LogP contribution < -0.4 is 4.72 Å². The zero-order valence-electron chi connectivity index (χ0n) is 10.5. The average molecular weight is 281 g/mol. The molecule has 0 saturated heterocycles. The van der Waals surface area contributed by atoms with Crippen LogP contribution in [-0.4, -0.2) is 24.7 Å². The maximum Gasteiger partial charge on any atom is 0.328 e. The lowest BCUT2D eigenvalue weighted by molar-refractivity contribution is -0.131. The third-order valence-corrected chi connectivity index (χ3v) is 4.78. The van der Waals surface area contributed by atoms with Gasteiger partial charge in [0.2, 0.25) is 10.0 Å². The Morgan fingerprint density at radius 3 is 2.68 bits per heavy atom. The molecule has 0 radical (unpaired) electrons. The van der Waals surface area contributed by atoms with E-state index in [9.17, 15) is 13.2 Å². The van der Waals surface area contributed by atoms with Gasteiger partial charge in [-0.15, -0.1) is 0 Å². The molecular weight excluding hydrogens is 266 g/mol. The van der Waals surface area contributed by atoms with Gasteiger partial charge in [-0.1, -0.05) is 6.07 Å². The zero-order chi connectivity index (χ0) is 14.0. The third-order valence-electron chi connectivity index (χ3n) is 2.91. The Bertz CT molecular complexity index is 630. The van der Waals surface area contributed by atoms with Gasteiger partial charge in [-0.05, 0) is 49.1 Å². The van der Waals surface area contributed by atoms with Crippen LogP contribution in [0.15, 0.2) is 24.3 Å². The molecule has 1 saturated carbocycles. The molecule has 1 aromatic carbocycles. The Labute approximate surface area is 112 Å². The van der Waals surface area contributed by atoms with Gasteiger partial charge in [-0.3, -0.25) is 4.72 Å². The molecule has 0 aliphatic heterocycles. The summed E-state index contributed by atoms with van der Waals surface area (Å²) in [5.74, 6) is -1.04. The van der Waals surface area contributed by atoms with Crippen molar-refractivity contribution in [3.63, 3.8) is 0 Å². The molecular formula is C13H15NO4S. The lowest BCUT2D eigenvalue weighted by atomic mass is 10.1. The highest BCUT2D eigenvalue weighted by atomic mass is 32.2. The number of rotatable bonds is 5. The fourth-order valence-corrected chi connectivity index (χ4v) is 3.05. The topological polar surface area (TPSA) is 83.5 Å². The quantitative estimate of drug-likeness (QED) is 0.808. The van der Waals surface area contributed by atoms with Crippen LogP contribution in [-0.2, 0) is 14.8 Å². The van der Waals surface area contributed by atoms with E-state index in [1.54, 1.807) is 18.2 Å². The van der Waals surface area contributed by atoms with Crippen molar-refractivity contribution in [3.8, 4) is 0 Å². The second kappa shape index (κ2) is 5.05. The Morgan fingerprint density at radius 2 is 2.11 bits per heavy atom. The summed E-state index contributed by atoms with van der Waals surface area (Å²) in [5, 5.41) is 8.32. The molecule has 2 rings (SSSR count). The van der Waals surface area contributed by atoms with Crippen molar-refractivity contribution in [2.45, 2.75) is 25.0 Å². The monoisotopic (exact) mass is 281 g/mol. The van der Waals surface area contributed by atoms with Gasteiger partial charge in [0.1, 0.15) is 0 Å². The smallest absolute Gasteiger partial charge is 0.328 e. The number of benzene rings is 1. The highest BCUT2D eigenvalue weighted by Gasteiger charge is 2.35. The Morgan fingerprint density at radius 1 is 1.42 bits per heavy atom. The molecule has 0 heterocycles. The van der Waals surface area contributed by atoms with E-state index in [0.717, 1.165) is 11.6 Å². The maximum atomic E-state index is 11.8. The van der Waals surface area contributed by atoms with Crippen molar-refractivity contribution in [2.75, 3.05) is 4.72 Å². The molecule has 2 N–H and O–H groups in total. The summed E-state index contributed by atoms with van der Waals surface area (Å²) in [7, 11) is -3.29. The lowest BCUT2D eigenvalue weighted by Gasteiger charge is -2.09. The summed E-state index contributed by atoms with van der Waals surface area (Å²) < 4.78 is 26.1. The number of carbonyl (C=O) groups is 1. The highest BCUT2D eigenvalue weighted by molar-refractivity contribution is 7.93. The van der Waals surface area contributed by atoms with Crippen LogP contribution in [0.1, 0.15) is 24.0 Å². The molecule has 0 aromatic heterocycles. The van der Waals surface area contributed by atoms with Crippen molar-refractivity contribution in [2.24, 2.45) is 0 Å². The van der Waals surface area contributed by atoms with E-state index in [1.807, 2.05) is 6.92 Å². The first-order chi connectivity index (χ1) is 8.88. The minimum Gasteiger partial charge on any atom is -0.478 e. The van der Waals surface area contributed by atoms with Crippen LogP contribution in [0.25, 0.3) is 6.08 Å². The average Bonchev–Trinajstić information content (AvgIpc) is 3.13. The molecule has 6 heteroatoms. The van der Waals surface area contributed by atoms with E-state index in [2.05, 4.69) is 4.72 Å². The van der Waals surface area contributed by atoms with Crippen LogP contribution in [0, 0.1) is 6.92 Å². The fourth-order valence-electron chi connectivity index (χ4n) is 1.67. The standard InChI is InChI=1S/C13H15NO4S/c1-9-2-4-11(8-10(9)3-7-13(15)16)14-19(17,18)12-5-6-12/h2-4,7-8,12,14H,5-6H2,1H3,(H,15,16). The van der Waals surface area contributed by atoms with E-state index in [-0.39, 0.29) is 5.25 Å². The first-order valence-electron chi connectivity index (χ1n) is 5.92. The van der Waals surface area contributed by atoms with Gasteiger partial charge < -0.3 is 5.11 Å². The van der Waals surface area contributed by atoms with Crippen LogP contribution in [0.4, 0.5) is 5.69 Å². The minimum atomic E-state index is -3.29. The van der Waals surface area contributed by atoms with Gasteiger partial charge in [0.15, 0.2) is 0 Å². The molecule has 102 valence electrons. The van der Waals surface area contributed by atoms with Crippen LogP contribution >= 0.6 is 0 Å². The number of aryl methyl sites for hydroxylation is 1. The number of nitrogens with one attached hydrogen (secondary N) is 1. The molecule has 5 nitrogen and oxygen atoms in total. The van der Waals surface area contributed by atoms with E-state index in [1.165, 1.54) is 6.08 Å². The number of carboxylic acid groups (broad SMARTS) is 1. The first-order valence-corrected chi connectivity index (χ1v) is 7.46. The molecule has 0 atom stereocenters. The Hall–Kier alpha value is -1.82. The van der Waals surface area contributed by atoms with Crippen molar-refractivity contribution in [1.29, 1.82) is 0 Å². The SMILES string of the molecule is Cc1ccc(NS(=O)(=O)C2CC2)cc1C=CC(=O)O. The van der Waals surface area contributed by atoms with E-state index < -0.39 is 16.0 Å². The summed E-state index contributed by atoms with van der Waals surface area (Å²) in [6, 6.07) is 5.06. The summed E-state index contributed by atoms with van der Waals surface area (Å²) >= 11 is 0. The van der Waals surface area contributed by atoms with Gasteiger partial charge in [0, 0.05) is 11.8 Å². The van der Waals surface area contributed by atoms with E-state index >= 15 is 0 Å². The lowest BCUT2D eigenvalue weighted by Crippen LogP contribution is -2.17. The number of carboxylic acids is 1. The van der Waals surface area contributed by atoms with Gasteiger partial charge in [-0.25, -0.2) is 13.2 Å². The molecule has 0 unspecified atom stereocenters. The highest BCUT2D eigenvalue weighted by Crippen LogP contribution is 2.30. The fraction of sp³-hybridized carbons (Fsp3) is 0.308. The van der Waals surface area contributed by atoms with Crippen LogP contribution in [0.5, 0.6) is 0 Å². The third kappa shape index (κ3) is 3.57. The van der Waals surface area contributed by atoms with Crippen LogP contribution in [0.3, 0.4) is 0 Å². The predicted octanol–water partition coefficient (Wildman–Crippen LogP) is 2.00. The second-order valence-electron chi connectivity index (χ2n) is 4.59. The summed E-state index contributed by atoms with van der Waals surface area (Å²) in [6.07, 6.45) is 3.88. The van der Waals surface area contributed by atoms with Crippen LogP contribution in [0.2, 0.25) is 0 Å². The Kier molecular flexibility index (Phi) is 3.61. The normalized spacial score (nSPS) is 15.6. The number of anilines is 1. The number of aliphatic carboxylic acids is 1. The Balaban J connectivity index is 2.23.